The van der Waals surface area contributed by atoms with Gasteiger partial charge in [0.15, 0.2) is 11.3 Å². The van der Waals surface area contributed by atoms with Crippen LogP contribution in [0.15, 0.2) is 24.8 Å². The van der Waals surface area contributed by atoms with E-state index in [4.69, 9.17) is 0 Å². The van der Waals surface area contributed by atoms with Gasteiger partial charge in [-0.05, 0) is 19.4 Å². The van der Waals surface area contributed by atoms with E-state index in [9.17, 15) is 0 Å². The molecule has 5 heteroatoms. The van der Waals surface area contributed by atoms with Crippen LogP contribution >= 0.6 is 0 Å². The van der Waals surface area contributed by atoms with Crippen molar-refractivity contribution in [1.29, 1.82) is 0 Å². The zero-order valence-corrected chi connectivity index (χ0v) is 10.1. The minimum absolute atomic E-state index is 0.572. The number of H-pyrrole nitrogens is 1. The first-order chi connectivity index (χ1) is 8.93. The highest BCUT2D eigenvalue weighted by Crippen LogP contribution is 2.29. The van der Waals surface area contributed by atoms with Crippen molar-refractivity contribution in [3.05, 3.63) is 30.4 Å². The van der Waals surface area contributed by atoms with Gasteiger partial charge in [0.05, 0.1) is 11.7 Å². The predicted octanol–water partition coefficient (Wildman–Crippen LogP) is 1.68. The maximum absolute atomic E-state index is 4.44. The molecule has 3 aromatic rings. The van der Waals surface area contributed by atoms with E-state index in [1.54, 1.807) is 0 Å². The average Bonchev–Trinajstić information content (AvgIpc) is 3.05. The molecule has 0 aromatic carbocycles. The normalized spacial score (nSPS) is 20.8. The Morgan fingerprint density at radius 3 is 3.22 bits per heavy atom. The van der Waals surface area contributed by atoms with E-state index in [2.05, 4.69) is 30.9 Å². The van der Waals surface area contributed by atoms with Crippen molar-refractivity contribution in [3.63, 3.8) is 0 Å². The van der Waals surface area contributed by atoms with Crippen molar-refractivity contribution in [3.8, 4) is 0 Å². The Hall–Kier alpha value is -1.88. The van der Waals surface area contributed by atoms with Crippen LogP contribution in [0.1, 0.15) is 24.3 Å². The molecule has 4 rings (SSSR count). The molecular weight excluding hydrogens is 226 g/mol. The number of hydrogen-bond donors (Lipinski definition) is 2. The molecule has 0 aliphatic carbocycles. The zero-order chi connectivity index (χ0) is 11.9. The lowest BCUT2D eigenvalue weighted by molar-refractivity contribution is 0.463. The summed E-state index contributed by atoms with van der Waals surface area (Å²) in [5, 5.41) is 3.47. The van der Waals surface area contributed by atoms with Crippen LogP contribution in [0.5, 0.6) is 0 Å². The Bertz CT molecular complexity index is 690. The number of nitrogens with one attached hydrogen (secondary N) is 2. The second-order valence-corrected chi connectivity index (χ2v) is 4.90. The molecule has 1 atom stereocenters. The summed E-state index contributed by atoms with van der Waals surface area (Å²) in [5.74, 6) is 0.572. The summed E-state index contributed by atoms with van der Waals surface area (Å²) in [7, 11) is 0. The van der Waals surface area contributed by atoms with Gasteiger partial charge >= 0.3 is 0 Å². The number of hydrogen-bond acceptors (Lipinski definition) is 3. The average molecular weight is 241 g/mol. The van der Waals surface area contributed by atoms with Gasteiger partial charge in [-0.1, -0.05) is 0 Å². The van der Waals surface area contributed by atoms with Gasteiger partial charge in [-0.15, -0.1) is 0 Å². The summed E-state index contributed by atoms with van der Waals surface area (Å²) >= 11 is 0. The molecule has 92 valence electrons. The van der Waals surface area contributed by atoms with E-state index in [0.717, 1.165) is 24.4 Å². The number of nitrogens with zero attached hydrogens (tertiary/aromatic N) is 3. The first-order valence-electron chi connectivity index (χ1n) is 6.43. The van der Waals surface area contributed by atoms with Gasteiger partial charge in [0.25, 0.3) is 0 Å². The molecule has 1 saturated heterocycles. The van der Waals surface area contributed by atoms with E-state index in [1.165, 1.54) is 23.9 Å². The van der Waals surface area contributed by atoms with Crippen LogP contribution in [0.3, 0.4) is 0 Å². The van der Waals surface area contributed by atoms with Gasteiger partial charge in [-0.2, -0.15) is 0 Å². The Labute approximate surface area is 104 Å². The Morgan fingerprint density at radius 2 is 2.33 bits per heavy atom. The number of imidazole rings is 1. The number of aromatic nitrogens is 4. The maximum atomic E-state index is 4.44. The number of piperidine rings is 1. The molecule has 0 spiro atoms. The van der Waals surface area contributed by atoms with Crippen LogP contribution in [-0.2, 0) is 0 Å². The molecule has 1 aliphatic rings. The van der Waals surface area contributed by atoms with Gasteiger partial charge in [-0.25, -0.2) is 9.97 Å². The Balaban J connectivity index is 1.96. The van der Waals surface area contributed by atoms with Crippen LogP contribution < -0.4 is 5.32 Å². The van der Waals surface area contributed by atoms with E-state index >= 15 is 0 Å². The minimum Gasteiger partial charge on any atom is -0.345 e. The topological polar surface area (TPSA) is 58.0 Å². The third-order valence-corrected chi connectivity index (χ3v) is 3.82. The van der Waals surface area contributed by atoms with E-state index < -0.39 is 0 Å². The lowest BCUT2D eigenvalue weighted by atomic mass is 9.93. The first kappa shape index (κ1) is 10.1. The quantitative estimate of drug-likeness (QED) is 0.681. The summed E-state index contributed by atoms with van der Waals surface area (Å²) in [6.07, 6.45) is 10.2. The van der Waals surface area contributed by atoms with Crippen molar-refractivity contribution in [2.24, 2.45) is 0 Å². The minimum atomic E-state index is 0.572. The van der Waals surface area contributed by atoms with Crippen molar-refractivity contribution >= 4 is 16.8 Å². The maximum Gasteiger partial charge on any atom is 0.155 e. The highest BCUT2D eigenvalue weighted by atomic mass is 15.0. The van der Waals surface area contributed by atoms with Crippen LogP contribution in [0, 0.1) is 0 Å². The summed E-state index contributed by atoms with van der Waals surface area (Å²) in [6, 6.07) is 0. The summed E-state index contributed by atoms with van der Waals surface area (Å²) in [4.78, 5) is 12.0. The second-order valence-electron chi connectivity index (χ2n) is 4.90. The molecular formula is C13H15N5. The highest BCUT2D eigenvalue weighted by Gasteiger charge is 2.20. The smallest absolute Gasteiger partial charge is 0.155 e. The molecule has 3 aromatic heterocycles. The lowest BCUT2D eigenvalue weighted by Gasteiger charge is -2.22. The molecule has 5 nitrogen and oxygen atoms in total. The fourth-order valence-electron chi connectivity index (χ4n) is 2.92. The largest absolute Gasteiger partial charge is 0.345 e. The molecule has 2 N–H and O–H groups in total. The predicted molar refractivity (Wildman–Crippen MR) is 69.7 cm³/mol. The van der Waals surface area contributed by atoms with E-state index in [-0.39, 0.29) is 0 Å². The van der Waals surface area contributed by atoms with Gasteiger partial charge < -0.3 is 10.3 Å². The van der Waals surface area contributed by atoms with Crippen molar-refractivity contribution in [2.45, 2.75) is 18.8 Å². The van der Waals surface area contributed by atoms with E-state index in [0.29, 0.717) is 5.92 Å². The molecule has 1 unspecified atom stereocenters. The van der Waals surface area contributed by atoms with Crippen molar-refractivity contribution in [2.75, 3.05) is 13.1 Å². The van der Waals surface area contributed by atoms with Crippen LogP contribution in [0.25, 0.3) is 16.8 Å². The van der Waals surface area contributed by atoms with Crippen molar-refractivity contribution in [1.82, 2.24) is 24.7 Å². The highest BCUT2D eigenvalue weighted by molar-refractivity contribution is 5.79. The molecule has 0 amide bonds. The Morgan fingerprint density at radius 1 is 1.33 bits per heavy atom. The van der Waals surface area contributed by atoms with Gasteiger partial charge in [0.2, 0.25) is 0 Å². The lowest BCUT2D eigenvalue weighted by Crippen LogP contribution is -2.28. The third-order valence-electron chi connectivity index (χ3n) is 3.82. The molecule has 1 fully saturated rings. The third kappa shape index (κ3) is 1.37. The SMILES string of the molecule is c1cn2c(cnc3[nH]cc(C4CCCNC4)c32)n1. The molecule has 0 saturated carbocycles. The fraction of sp³-hybridized carbons (Fsp3) is 0.385. The van der Waals surface area contributed by atoms with Crippen LogP contribution in [0.2, 0.25) is 0 Å². The second kappa shape index (κ2) is 3.81. The van der Waals surface area contributed by atoms with Gasteiger partial charge in [-0.3, -0.25) is 4.40 Å². The van der Waals surface area contributed by atoms with Crippen molar-refractivity contribution < 1.29 is 0 Å². The molecule has 4 heterocycles. The summed E-state index contributed by atoms with van der Waals surface area (Å²) in [6.45, 7) is 2.19. The number of aromatic amines is 1. The zero-order valence-electron chi connectivity index (χ0n) is 10.1. The van der Waals surface area contributed by atoms with Gasteiger partial charge in [0, 0.05) is 36.6 Å². The first-order valence-corrected chi connectivity index (χ1v) is 6.43. The van der Waals surface area contributed by atoms with E-state index in [1.807, 2.05) is 18.6 Å². The molecule has 18 heavy (non-hydrogen) atoms. The Kier molecular flexibility index (Phi) is 2.14. The van der Waals surface area contributed by atoms with Crippen LogP contribution in [0.4, 0.5) is 0 Å². The van der Waals surface area contributed by atoms with Crippen LogP contribution in [-0.4, -0.2) is 32.4 Å². The molecule has 0 radical (unpaired) electrons. The monoisotopic (exact) mass is 241 g/mol. The summed E-state index contributed by atoms with van der Waals surface area (Å²) in [5.41, 5.74) is 4.39. The molecule has 1 aliphatic heterocycles. The summed E-state index contributed by atoms with van der Waals surface area (Å²) < 4.78 is 2.13. The molecule has 0 bridgehead atoms. The van der Waals surface area contributed by atoms with Gasteiger partial charge in [0.1, 0.15) is 0 Å². The fourth-order valence-corrected chi connectivity index (χ4v) is 2.92. The number of rotatable bonds is 1. The number of fused-ring (bicyclic) bond motifs is 3. The standard InChI is InChI=1S/C13H15N5/c1-2-9(6-14-3-1)10-7-16-13-12(10)18-5-4-15-11(18)8-17-13/h4-5,7-9,14,16H,1-3,6H2.